The molecule has 2 rings (SSSR count). The van der Waals surface area contributed by atoms with Crippen molar-refractivity contribution in [3.8, 4) is 0 Å². The summed E-state index contributed by atoms with van der Waals surface area (Å²) >= 11 is 1.26. The number of aryl methyl sites for hydroxylation is 1. The third kappa shape index (κ3) is 3.45. The summed E-state index contributed by atoms with van der Waals surface area (Å²) < 4.78 is 0. The van der Waals surface area contributed by atoms with E-state index in [9.17, 15) is 10.1 Å². The van der Waals surface area contributed by atoms with Crippen LogP contribution in [0.1, 0.15) is 12.5 Å². The van der Waals surface area contributed by atoms with Gasteiger partial charge in [-0.2, -0.15) is 4.98 Å². The molecule has 0 radical (unpaired) electrons. The van der Waals surface area contributed by atoms with Crippen LogP contribution in [0, 0.1) is 17.0 Å². The molecule has 0 aliphatic heterocycles. The van der Waals surface area contributed by atoms with Crippen LogP contribution >= 0.6 is 11.8 Å². The highest BCUT2D eigenvalue weighted by atomic mass is 32.2. The number of benzene rings is 1. The van der Waals surface area contributed by atoms with Crippen LogP contribution in [-0.4, -0.2) is 21.4 Å². The van der Waals surface area contributed by atoms with Gasteiger partial charge in [-0.1, -0.05) is 29.5 Å². The summed E-state index contributed by atoms with van der Waals surface area (Å²) in [5, 5.41) is 14.3. The maximum Gasteiger partial charge on any atom is 0.320 e. The zero-order valence-corrected chi connectivity index (χ0v) is 12.0. The lowest BCUT2D eigenvalue weighted by Crippen LogP contribution is -2.04. The second-order valence-corrected chi connectivity index (χ2v) is 5.15. The van der Waals surface area contributed by atoms with E-state index in [4.69, 9.17) is 0 Å². The van der Waals surface area contributed by atoms with Gasteiger partial charge in [0.05, 0.1) is 4.92 Å². The van der Waals surface area contributed by atoms with E-state index >= 15 is 0 Å². The fourth-order valence-corrected chi connectivity index (χ4v) is 2.57. The third-order valence-corrected chi connectivity index (χ3v) is 3.45. The van der Waals surface area contributed by atoms with Crippen LogP contribution in [0.15, 0.2) is 40.4 Å². The van der Waals surface area contributed by atoms with Crippen LogP contribution in [0.2, 0.25) is 0 Å². The number of rotatable bonds is 5. The number of nitrogens with zero attached hydrogens (tertiary/aromatic N) is 3. The highest BCUT2D eigenvalue weighted by molar-refractivity contribution is 7.99. The number of nitrogens with one attached hydrogen (secondary N) is 1. The molecule has 0 saturated heterocycles. The van der Waals surface area contributed by atoms with Crippen molar-refractivity contribution in [2.45, 2.75) is 23.8 Å². The monoisotopic (exact) mass is 290 g/mol. The van der Waals surface area contributed by atoms with Gasteiger partial charge in [-0.25, -0.2) is 4.98 Å². The van der Waals surface area contributed by atoms with Crippen LogP contribution in [0.5, 0.6) is 0 Å². The van der Waals surface area contributed by atoms with Gasteiger partial charge in [0.15, 0.2) is 5.03 Å². The van der Waals surface area contributed by atoms with Crippen LogP contribution in [0.25, 0.3) is 0 Å². The molecule has 1 aromatic carbocycles. The maximum absolute atomic E-state index is 11.0. The number of hydrogen-bond donors (Lipinski definition) is 1. The van der Waals surface area contributed by atoms with Gasteiger partial charge in [0, 0.05) is 11.4 Å². The molecule has 20 heavy (non-hydrogen) atoms. The molecule has 0 aliphatic rings. The minimum atomic E-state index is -0.464. The minimum absolute atomic E-state index is 0.0850. The van der Waals surface area contributed by atoms with Crippen LogP contribution in [-0.2, 0) is 0 Å². The molecule has 1 N–H and O–H groups in total. The predicted molar refractivity (Wildman–Crippen MR) is 78.2 cm³/mol. The highest BCUT2D eigenvalue weighted by Crippen LogP contribution is 2.33. The Bertz CT molecular complexity index is 634. The van der Waals surface area contributed by atoms with E-state index in [1.54, 1.807) is 0 Å². The first-order chi connectivity index (χ1) is 9.60. The zero-order chi connectivity index (χ0) is 14.5. The van der Waals surface area contributed by atoms with Gasteiger partial charge in [-0.05, 0) is 26.0 Å². The Labute approximate surface area is 120 Å². The second kappa shape index (κ2) is 6.33. The number of anilines is 1. The van der Waals surface area contributed by atoms with E-state index < -0.39 is 4.92 Å². The molecule has 2 aromatic rings. The van der Waals surface area contributed by atoms with E-state index in [-0.39, 0.29) is 5.69 Å². The van der Waals surface area contributed by atoms with Crippen molar-refractivity contribution < 1.29 is 4.92 Å². The van der Waals surface area contributed by atoms with E-state index in [2.05, 4.69) is 15.3 Å². The molecule has 0 unspecified atom stereocenters. The van der Waals surface area contributed by atoms with E-state index in [0.29, 0.717) is 17.5 Å². The number of hydrogen-bond acceptors (Lipinski definition) is 6. The van der Waals surface area contributed by atoms with Crippen molar-refractivity contribution in [1.29, 1.82) is 0 Å². The van der Waals surface area contributed by atoms with Gasteiger partial charge in [0.1, 0.15) is 6.20 Å². The molecule has 7 heteroatoms. The molecule has 6 nitrogen and oxygen atoms in total. The number of aromatic nitrogens is 2. The van der Waals surface area contributed by atoms with Gasteiger partial charge in [0.25, 0.3) is 0 Å². The van der Waals surface area contributed by atoms with Crippen LogP contribution in [0.3, 0.4) is 0 Å². The molecule has 104 valence electrons. The average Bonchev–Trinajstić information content (AvgIpc) is 2.39. The average molecular weight is 290 g/mol. The molecule has 0 atom stereocenters. The van der Waals surface area contributed by atoms with Gasteiger partial charge in [0.2, 0.25) is 5.95 Å². The summed E-state index contributed by atoms with van der Waals surface area (Å²) in [7, 11) is 0. The lowest BCUT2D eigenvalue weighted by atomic mass is 10.2. The van der Waals surface area contributed by atoms with Gasteiger partial charge in [-0.3, -0.25) is 10.1 Å². The van der Waals surface area contributed by atoms with Gasteiger partial charge in [-0.15, -0.1) is 0 Å². The normalized spacial score (nSPS) is 10.3. The van der Waals surface area contributed by atoms with Crippen molar-refractivity contribution in [3.63, 3.8) is 0 Å². The lowest BCUT2D eigenvalue weighted by Gasteiger charge is -2.05. The highest BCUT2D eigenvalue weighted by Gasteiger charge is 2.18. The van der Waals surface area contributed by atoms with Crippen LogP contribution < -0.4 is 5.32 Å². The van der Waals surface area contributed by atoms with Crippen molar-refractivity contribution in [3.05, 3.63) is 46.1 Å². The smallest absolute Gasteiger partial charge is 0.320 e. The Balaban J connectivity index is 2.36. The van der Waals surface area contributed by atoms with E-state index in [1.807, 2.05) is 38.1 Å². The Morgan fingerprint density at radius 1 is 1.45 bits per heavy atom. The zero-order valence-electron chi connectivity index (χ0n) is 11.2. The summed E-state index contributed by atoms with van der Waals surface area (Å²) in [6, 6.07) is 7.75. The summed E-state index contributed by atoms with van der Waals surface area (Å²) in [6.07, 6.45) is 1.24. The molecule has 0 saturated carbocycles. The molecule has 0 fully saturated rings. The number of nitro groups is 1. The van der Waals surface area contributed by atoms with Gasteiger partial charge >= 0.3 is 5.69 Å². The summed E-state index contributed by atoms with van der Waals surface area (Å²) in [6.45, 7) is 4.55. The van der Waals surface area contributed by atoms with E-state index in [1.165, 1.54) is 18.0 Å². The second-order valence-electron chi connectivity index (χ2n) is 4.09. The topological polar surface area (TPSA) is 81.0 Å². The van der Waals surface area contributed by atoms with Crippen LogP contribution in [0.4, 0.5) is 11.6 Å². The molecule has 0 amide bonds. The Kier molecular flexibility index (Phi) is 4.52. The van der Waals surface area contributed by atoms with E-state index in [0.717, 1.165) is 10.5 Å². The fraction of sp³-hybridized carbons (Fsp3) is 0.231. The predicted octanol–water partition coefficient (Wildman–Crippen LogP) is 3.28. The summed E-state index contributed by atoms with van der Waals surface area (Å²) in [5.74, 6) is 0.397. The lowest BCUT2D eigenvalue weighted by molar-refractivity contribution is -0.388. The third-order valence-electron chi connectivity index (χ3n) is 2.47. The van der Waals surface area contributed by atoms with Crippen molar-refractivity contribution >= 4 is 23.4 Å². The Morgan fingerprint density at radius 3 is 2.90 bits per heavy atom. The Hall–Kier alpha value is -2.15. The first kappa shape index (κ1) is 14.3. The fourth-order valence-electron chi connectivity index (χ4n) is 1.59. The van der Waals surface area contributed by atoms with Crippen molar-refractivity contribution in [2.75, 3.05) is 11.9 Å². The first-order valence-corrected chi connectivity index (χ1v) is 6.91. The molecular weight excluding hydrogens is 276 g/mol. The molecule has 0 spiro atoms. The van der Waals surface area contributed by atoms with Gasteiger partial charge < -0.3 is 5.32 Å². The summed E-state index contributed by atoms with van der Waals surface area (Å²) in [5.41, 5.74) is 1.01. The standard InChI is InChI=1S/C13H14N4O2S/c1-3-14-13-15-8-11(17(18)19)12(16-13)20-10-6-4-5-9(2)7-10/h4-8H,3H2,1-2H3,(H,14,15,16). The quantitative estimate of drug-likeness (QED) is 0.517. The first-order valence-electron chi connectivity index (χ1n) is 6.10. The maximum atomic E-state index is 11.0. The molecule has 1 heterocycles. The summed E-state index contributed by atoms with van der Waals surface area (Å²) in [4.78, 5) is 19.6. The van der Waals surface area contributed by atoms with Crippen molar-refractivity contribution in [1.82, 2.24) is 9.97 Å². The minimum Gasteiger partial charge on any atom is -0.354 e. The molecule has 0 aliphatic carbocycles. The molecule has 1 aromatic heterocycles. The van der Waals surface area contributed by atoms with Crippen molar-refractivity contribution in [2.24, 2.45) is 0 Å². The molecular formula is C13H14N4O2S. The molecule has 0 bridgehead atoms. The Morgan fingerprint density at radius 2 is 2.25 bits per heavy atom. The SMILES string of the molecule is CCNc1ncc([N+](=O)[O-])c(Sc2cccc(C)c2)n1. The largest absolute Gasteiger partial charge is 0.354 e.